The molecule has 4 rings (SSSR count). The van der Waals surface area contributed by atoms with Crippen molar-refractivity contribution in [2.75, 3.05) is 17.6 Å². The maximum Gasteiger partial charge on any atom is 0.263 e. The minimum absolute atomic E-state index is 0.0389. The van der Waals surface area contributed by atoms with Gasteiger partial charge in [-0.2, -0.15) is 0 Å². The quantitative estimate of drug-likeness (QED) is 0.691. The van der Waals surface area contributed by atoms with Crippen molar-refractivity contribution in [1.82, 2.24) is 9.55 Å². The highest BCUT2D eigenvalue weighted by molar-refractivity contribution is 9.10. The van der Waals surface area contributed by atoms with Gasteiger partial charge >= 0.3 is 0 Å². The highest BCUT2D eigenvalue weighted by Gasteiger charge is 2.25. The smallest absolute Gasteiger partial charge is 0.263 e. The van der Waals surface area contributed by atoms with Crippen molar-refractivity contribution in [1.29, 1.82) is 0 Å². The number of aromatic nitrogens is 2. The second kappa shape index (κ2) is 6.02. The summed E-state index contributed by atoms with van der Waals surface area (Å²) in [5, 5.41) is 3.94. The highest BCUT2D eigenvalue weighted by Crippen LogP contribution is 2.28. The van der Waals surface area contributed by atoms with Crippen LogP contribution in [0.5, 0.6) is 0 Å². The van der Waals surface area contributed by atoms with E-state index in [4.69, 9.17) is 0 Å². The Morgan fingerprint density at radius 1 is 1.22 bits per heavy atom. The second-order valence-corrected chi connectivity index (χ2v) is 7.44. The fraction of sp³-hybridized carbons (Fsp3) is 0.176. The third kappa shape index (κ3) is 2.77. The predicted octanol–water partition coefficient (Wildman–Crippen LogP) is 3.92. The van der Waals surface area contributed by atoms with E-state index in [-0.39, 0.29) is 11.6 Å². The molecule has 1 aromatic heterocycles. The number of para-hydroxylation sites is 1. The Balaban J connectivity index is 1.63. The van der Waals surface area contributed by atoms with Crippen molar-refractivity contribution < 1.29 is 0 Å². The van der Waals surface area contributed by atoms with Crippen molar-refractivity contribution in [3.05, 3.63) is 63.4 Å². The lowest BCUT2D eigenvalue weighted by atomic mass is 10.2. The molecule has 1 atom stereocenters. The molecule has 0 amide bonds. The zero-order chi connectivity index (χ0) is 15.8. The molecule has 1 aliphatic heterocycles. The summed E-state index contributed by atoms with van der Waals surface area (Å²) < 4.78 is 2.87. The number of benzene rings is 2. The first-order valence-electron chi connectivity index (χ1n) is 7.36. The van der Waals surface area contributed by atoms with E-state index in [1.165, 1.54) is 4.90 Å². The Morgan fingerprint density at radius 2 is 2.00 bits per heavy atom. The van der Waals surface area contributed by atoms with Gasteiger partial charge in [-0.05, 0) is 36.4 Å². The van der Waals surface area contributed by atoms with Crippen LogP contribution in [-0.2, 0) is 0 Å². The van der Waals surface area contributed by atoms with Gasteiger partial charge in [0.2, 0.25) is 5.95 Å². The van der Waals surface area contributed by atoms with Crippen LogP contribution in [0.15, 0.2) is 62.7 Å². The van der Waals surface area contributed by atoms with Crippen molar-refractivity contribution in [2.45, 2.75) is 10.9 Å². The molecule has 3 aromatic rings. The summed E-state index contributed by atoms with van der Waals surface area (Å²) in [5.41, 5.74) is 0.787. The molecule has 23 heavy (non-hydrogen) atoms. The first kappa shape index (κ1) is 14.8. The Hall–Kier alpha value is -1.79. The molecule has 1 N–H and O–H groups in total. The topological polar surface area (TPSA) is 46.9 Å². The standard InChI is InChI=1S/C17H14BrN3OS/c18-11-5-7-13(8-6-11)23-10-12-9-19-17-20-15-4-2-1-3-14(15)16(22)21(12)17/h1-8,12H,9-10H2,(H,19,20). The second-order valence-electron chi connectivity index (χ2n) is 5.43. The molecule has 2 heterocycles. The number of rotatable bonds is 3. The van der Waals surface area contributed by atoms with E-state index >= 15 is 0 Å². The van der Waals surface area contributed by atoms with Crippen LogP contribution in [0.25, 0.3) is 10.9 Å². The van der Waals surface area contributed by atoms with E-state index in [0.29, 0.717) is 11.3 Å². The molecule has 0 aliphatic carbocycles. The summed E-state index contributed by atoms with van der Waals surface area (Å²) in [6, 6.07) is 15.9. The molecule has 0 saturated carbocycles. The Bertz CT molecular complexity index is 923. The number of anilines is 1. The van der Waals surface area contributed by atoms with Crippen LogP contribution < -0.4 is 10.9 Å². The minimum Gasteiger partial charge on any atom is -0.353 e. The number of thioether (sulfide) groups is 1. The molecular formula is C17H14BrN3OS. The van der Waals surface area contributed by atoms with Crippen LogP contribution >= 0.6 is 27.7 Å². The monoisotopic (exact) mass is 387 g/mol. The average molecular weight is 388 g/mol. The molecule has 0 saturated heterocycles. The van der Waals surface area contributed by atoms with Crippen molar-refractivity contribution in [3.8, 4) is 0 Å². The van der Waals surface area contributed by atoms with Gasteiger partial charge in [-0.1, -0.05) is 28.1 Å². The van der Waals surface area contributed by atoms with Crippen LogP contribution in [0.3, 0.4) is 0 Å². The first-order chi connectivity index (χ1) is 11.2. The fourth-order valence-corrected chi connectivity index (χ4v) is 4.01. The molecule has 1 aliphatic rings. The zero-order valence-electron chi connectivity index (χ0n) is 12.2. The summed E-state index contributed by atoms with van der Waals surface area (Å²) in [6.45, 7) is 0.738. The van der Waals surface area contributed by atoms with Gasteiger partial charge in [0, 0.05) is 21.7 Å². The molecule has 116 valence electrons. The lowest BCUT2D eigenvalue weighted by Gasteiger charge is -2.13. The third-order valence-corrected chi connectivity index (χ3v) is 5.61. The molecule has 0 fully saturated rings. The Morgan fingerprint density at radius 3 is 2.83 bits per heavy atom. The predicted molar refractivity (Wildman–Crippen MR) is 98.4 cm³/mol. The van der Waals surface area contributed by atoms with Gasteiger partial charge in [0.1, 0.15) is 0 Å². The molecule has 4 nitrogen and oxygen atoms in total. The SMILES string of the molecule is O=c1c2ccccc2nc2n1C(CSc1ccc(Br)cc1)CN2. The molecular weight excluding hydrogens is 374 g/mol. The van der Waals surface area contributed by atoms with Gasteiger partial charge in [-0.15, -0.1) is 11.8 Å². The summed E-state index contributed by atoms with van der Waals surface area (Å²) in [4.78, 5) is 18.5. The highest BCUT2D eigenvalue weighted by atomic mass is 79.9. The first-order valence-corrected chi connectivity index (χ1v) is 9.14. The zero-order valence-corrected chi connectivity index (χ0v) is 14.6. The van der Waals surface area contributed by atoms with E-state index in [0.717, 1.165) is 22.3 Å². The van der Waals surface area contributed by atoms with Crippen LogP contribution in [0.4, 0.5) is 5.95 Å². The molecule has 0 spiro atoms. The Labute approximate surface area is 146 Å². The molecule has 0 radical (unpaired) electrons. The fourth-order valence-electron chi connectivity index (χ4n) is 2.77. The van der Waals surface area contributed by atoms with Gasteiger partial charge in [0.05, 0.1) is 16.9 Å². The lowest BCUT2D eigenvalue weighted by Crippen LogP contribution is -2.24. The van der Waals surface area contributed by atoms with Gasteiger partial charge in [-0.25, -0.2) is 4.98 Å². The van der Waals surface area contributed by atoms with Crippen molar-refractivity contribution in [3.63, 3.8) is 0 Å². The molecule has 2 aromatic carbocycles. The number of nitrogens with zero attached hydrogens (tertiary/aromatic N) is 2. The summed E-state index contributed by atoms with van der Waals surface area (Å²) in [7, 11) is 0. The van der Waals surface area contributed by atoms with Gasteiger partial charge < -0.3 is 5.32 Å². The minimum atomic E-state index is 0.0389. The van der Waals surface area contributed by atoms with Crippen molar-refractivity contribution in [2.24, 2.45) is 0 Å². The normalized spacial score (nSPS) is 16.3. The average Bonchev–Trinajstić information content (AvgIpc) is 2.98. The van der Waals surface area contributed by atoms with E-state index in [9.17, 15) is 4.79 Å². The van der Waals surface area contributed by atoms with Gasteiger partial charge in [-0.3, -0.25) is 9.36 Å². The Kier molecular flexibility index (Phi) is 3.87. The van der Waals surface area contributed by atoms with E-state index in [2.05, 4.69) is 38.4 Å². The third-order valence-electron chi connectivity index (χ3n) is 3.92. The van der Waals surface area contributed by atoms with Crippen LogP contribution in [0.1, 0.15) is 6.04 Å². The molecule has 0 bridgehead atoms. The van der Waals surface area contributed by atoms with Crippen LogP contribution in [0.2, 0.25) is 0 Å². The van der Waals surface area contributed by atoms with Crippen LogP contribution in [-0.4, -0.2) is 21.8 Å². The summed E-state index contributed by atoms with van der Waals surface area (Å²) in [6.07, 6.45) is 0. The number of nitrogens with one attached hydrogen (secondary N) is 1. The van der Waals surface area contributed by atoms with E-state index < -0.39 is 0 Å². The van der Waals surface area contributed by atoms with E-state index in [1.54, 1.807) is 16.3 Å². The maximum atomic E-state index is 12.8. The summed E-state index contributed by atoms with van der Waals surface area (Å²) >= 11 is 5.20. The largest absolute Gasteiger partial charge is 0.353 e. The van der Waals surface area contributed by atoms with Gasteiger partial charge in [0.15, 0.2) is 0 Å². The number of hydrogen-bond acceptors (Lipinski definition) is 4. The van der Waals surface area contributed by atoms with E-state index in [1.807, 2.05) is 36.4 Å². The number of fused-ring (bicyclic) bond motifs is 2. The lowest BCUT2D eigenvalue weighted by molar-refractivity contribution is 0.619. The maximum absolute atomic E-state index is 12.8. The molecule has 1 unspecified atom stereocenters. The molecule has 6 heteroatoms. The summed E-state index contributed by atoms with van der Waals surface area (Å²) in [5.74, 6) is 1.51. The number of halogens is 1. The van der Waals surface area contributed by atoms with Crippen molar-refractivity contribution >= 4 is 44.5 Å². The van der Waals surface area contributed by atoms with Crippen LogP contribution in [0, 0.1) is 0 Å². The van der Waals surface area contributed by atoms with Gasteiger partial charge in [0.25, 0.3) is 5.56 Å². The number of hydrogen-bond donors (Lipinski definition) is 1.